The van der Waals surface area contributed by atoms with E-state index in [0.717, 1.165) is 30.5 Å². The van der Waals surface area contributed by atoms with E-state index in [0.29, 0.717) is 6.04 Å². The van der Waals surface area contributed by atoms with Crippen LogP contribution in [0.1, 0.15) is 29.8 Å². The van der Waals surface area contributed by atoms with Gasteiger partial charge in [-0.15, -0.1) is 0 Å². The minimum absolute atomic E-state index is 0.690. The van der Waals surface area contributed by atoms with E-state index in [-0.39, 0.29) is 0 Å². The molecule has 0 radical (unpaired) electrons. The second-order valence-electron chi connectivity index (χ2n) is 6.91. The Morgan fingerprint density at radius 1 is 1.26 bits per heavy atom. The highest BCUT2D eigenvalue weighted by Gasteiger charge is 2.34. The van der Waals surface area contributed by atoms with Gasteiger partial charge in [-0.2, -0.15) is 5.10 Å². The van der Waals surface area contributed by atoms with Crippen LogP contribution in [0.3, 0.4) is 0 Å². The van der Waals surface area contributed by atoms with Crippen LogP contribution in [0, 0.1) is 19.8 Å². The van der Waals surface area contributed by atoms with E-state index in [1.807, 2.05) is 29.1 Å². The van der Waals surface area contributed by atoms with Crippen molar-refractivity contribution in [2.24, 2.45) is 5.92 Å². The monoisotopic (exact) mass is 311 g/mol. The van der Waals surface area contributed by atoms with Crippen molar-refractivity contribution >= 4 is 0 Å². The molecule has 2 aromatic heterocycles. The van der Waals surface area contributed by atoms with Crippen molar-refractivity contribution < 1.29 is 0 Å². The number of nitrogens with zero attached hydrogens (tertiary/aromatic N) is 4. The number of fused-ring (bicyclic) bond motifs is 1. The highest BCUT2D eigenvalue weighted by Crippen LogP contribution is 2.27. The van der Waals surface area contributed by atoms with Crippen molar-refractivity contribution in [3.63, 3.8) is 0 Å². The molecule has 0 spiro atoms. The molecule has 0 aliphatic carbocycles. The van der Waals surface area contributed by atoms with Crippen LogP contribution in [-0.4, -0.2) is 45.3 Å². The first-order valence-corrected chi connectivity index (χ1v) is 8.64. The topological polar surface area (TPSA) is 46.0 Å². The minimum Gasteiger partial charge on any atom is -0.312 e. The lowest BCUT2D eigenvalue weighted by Crippen LogP contribution is -2.40. The first-order valence-electron chi connectivity index (χ1n) is 8.64. The summed E-state index contributed by atoms with van der Waals surface area (Å²) in [6.45, 7) is 8.84. The summed E-state index contributed by atoms with van der Waals surface area (Å²) in [6.07, 6.45) is 4.52. The predicted octanol–water partition coefficient (Wildman–Crippen LogP) is 2.07. The van der Waals surface area contributed by atoms with E-state index >= 15 is 0 Å². The number of likely N-dealkylation sites (tertiary alicyclic amines) is 1. The lowest BCUT2D eigenvalue weighted by Gasteiger charge is -2.24. The molecule has 122 valence electrons. The van der Waals surface area contributed by atoms with Crippen molar-refractivity contribution in [2.45, 2.75) is 39.3 Å². The van der Waals surface area contributed by atoms with Gasteiger partial charge in [-0.1, -0.05) is 6.07 Å². The maximum Gasteiger partial charge on any atom is 0.153 e. The third-order valence-corrected chi connectivity index (χ3v) is 5.36. The number of aromatic nitrogens is 3. The summed E-state index contributed by atoms with van der Waals surface area (Å²) in [4.78, 5) is 7.02. The smallest absolute Gasteiger partial charge is 0.153 e. The Morgan fingerprint density at radius 2 is 2.17 bits per heavy atom. The number of aryl methyl sites for hydroxylation is 1. The fraction of sp³-hybridized carbons (Fsp3) is 0.556. The summed E-state index contributed by atoms with van der Waals surface area (Å²) in [5, 5.41) is 8.41. The van der Waals surface area contributed by atoms with Crippen LogP contribution >= 0.6 is 0 Å². The zero-order chi connectivity index (χ0) is 15.8. The van der Waals surface area contributed by atoms with E-state index in [2.05, 4.69) is 29.0 Å². The number of pyridine rings is 1. The first kappa shape index (κ1) is 14.8. The normalized spacial score (nSPS) is 24.8. The van der Waals surface area contributed by atoms with Gasteiger partial charge in [0.2, 0.25) is 0 Å². The molecule has 23 heavy (non-hydrogen) atoms. The van der Waals surface area contributed by atoms with E-state index < -0.39 is 0 Å². The molecule has 0 aromatic carbocycles. The second kappa shape index (κ2) is 6.06. The Hall–Kier alpha value is -1.72. The predicted molar refractivity (Wildman–Crippen MR) is 90.6 cm³/mol. The number of hydrogen-bond acceptors (Lipinski definition) is 4. The second-order valence-corrected chi connectivity index (χ2v) is 6.91. The number of piperidine rings is 1. The molecular weight excluding hydrogens is 286 g/mol. The molecule has 0 bridgehead atoms. The maximum absolute atomic E-state index is 4.73. The molecule has 4 rings (SSSR count). The van der Waals surface area contributed by atoms with E-state index in [1.165, 1.54) is 37.2 Å². The quantitative estimate of drug-likeness (QED) is 0.942. The number of hydrogen-bond donors (Lipinski definition) is 1. The molecule has 5 heteroatoms. The Morgan fingerprint density at radius 3 is 2.96 bits per heavy atom. The Kier molecular flexibility index (Phi) is 3.91. The average molecular weight is 311 g/mol. The van der Waals surface area contributed by atoms with Gasteiger partial charge in [0.1, 0.15) is 0 Å². The molecule has 2 saturated heterocycles. The molecule has 5 nitrogen and oxygen atoms in total. The van der Waals surface area contributed by atoms with E-state index in [4.69, 9.17) is 5.10 Å². The SMILES string of the molecule is Cc1nn(-c2ccccn2)c(C)c1CN1C[C@@H]2CCCN[C@@H]2C1. The van der Waals surface area contributed by atoms with Gasteiger partial charge in [0.15, 0.2) is 5.82 Å². The van der Waals surface area contributed by atoms with Gasteiger partial charge in [-0.25, -0.2) is 9.67 Å². The molecule has 4 heterocycles. The largest absolute Gasteiger partial charge is 0.312 e. The van der Waals surface area contributed by atoms with Crippen molar-refractivity contribution in [1.29, 1.82) is 0 Å². The van der Waals surface area contributed by atoms with Crippen LogP contribution in [0.15, 0.2) is 24.4 Å². The van der Waals surface area contributed by atoms with Crippen LogP contribution in [0.5, 0.6) is 0 Å². The molecule has 2 aliphatic rings. The van der Waals surface area contributed by atoms with Crippen molar-refractivity contribution in [1.82, 2.24) is 25.0 Å². The lowest BCUT2D eigenvalue weighted by molar-refractivity contribution is 0.311. The third kappa shape index (κ3) is 2.79. The molecule has 0 amide bonds. The van der Waals surface area contributed by atoms with Crippen LogP contribution in [0.2, 0.25) is 0 Å². The number of nitrogens with one attached hydrogen (secondary N) is 1. The fourth-order valence-corrected chi connectivity index (χ4v) is 4.09. The fourth-order valence-electron chi connectivity index (χ4n) is 4.09. The van der Waals surface area contributed by atoms with Gasteiger partial charge in [0.25, 0.3) is 0 Å². The highest BCUT2D eigenvalue weighted by atomic mass is 15.3. The Labute approximate surface area is 137 Å². The van der Waals surface area contributed by atoms with Gasteiger partial charge in [0.05, 0.1) is 5.69 Å². The minimum atomic E-state index is 0.690. The van der Waals surface area contributed by atoms with Gasteiger partial charge < -0.3 is 5.32 Å². The summed E-state index contributed by atoms with van der Waals surface area (Å²) in [7, 11) is 0. The molecule has 2 fully saturated rings. The van der Waals surface area contributed by atoms with Crippen LogP contribution in [-0.2, 0) is 6.54 Å². The van der Waals surface area contributed by atoms with E-state index in [1.54, 1.807) is 0 Å². The van der Waals surface area contributed by atoms with Gasteiger partial charge >= 0.3 is 0 Å². The summed E-state index contributed by atoms with van der Waals surface area (Å²) in [5.41, 5.74) is 3.69. The van der Waals surface area contributed by atoms with Crippen molar-refractivity contribution in [3.8, 4) is 5.82 Å². The Balaban J connectivity index is 1.55. The summed E-state index contributed by atoms with van der Waals surface area (Å²) >= 11 is 0. The lowest BCUT2D eigenvalue weighted by atomic mass is 9.94. The summed E-state index contributed by atoms with van der Waals surface area (Å²) in [5.74, 6) is 1.73. The van der Waals surface area contributed by atoms with E-state index in [9.17, 15) is 0 Å². The summed E-state index contributed by atoms with van der Waals surface area (Å²) < 4.78 is 1.98. The first-order chi connectivity index (χ1) is 11.2. The standard InChI is InChI=1S/C18H25N5/c1-13-16(11-22-10-15-6-5-9-19-17(15)12-22)14(2)23(21-13)18-7-3-4-8-20-18/h3-4,7-8,15,17,19H,5-6,9-12H2,1-2H3/t15-,17+/m0/s1. The van der Waals surface area contributed by atoms with Crippen LogP contribution in [0.25, 0.3) is 5.82 Å². The van der Waals surface area contributed by atoms with Gasteiger partial charge in [0, 0.05) is 43.1 Å². The average Bonchev–Trinajstić information content (AvgIpc) is 3.11. The van der Waals surface area contributed by atoms with Crippen molar-refractivity contribution in [3.05, 3.63) is 41.3 Å². The molecular formula is C18H25N5. The van der Waals surface area contributed by atoms with Gasteiger partial charge in [-0.3, -0.25) is 4.90 Å². The molecule has 2 aromatic rings. The third-order valence-electron chi connectivity index (χ3n) is 5.36. The Bertz CT molecular complexity index is 664. The van der Waals surface area contributed by atoms with Gasteiger partial charge in [-0.05, 0) is 51.3 Å². The zero-order valence-electron chi connectivity index (χ0n) is 14.0. The number of rotatable bonds is 3. The molecule has 0 saturated carbocycles. The molecule has 2 aliphatic heterocycles. The highest BCUT2D eigenvalue weighted by molar-refractivity contribution is 5.32. The maximum atomic E-state index is 4.73. The molecule has 1 N–H and O–H groups in total. The molecule has 0 unspecified atom stereocenters. The summed E-state index contributed by atoms with van der Waals surface area (Å²) in [6, 6.07) is 6.65. The molecule has 2 atom stereocenters. The van der Waals surface area contributed by atoms with Crippen LogP contribution < -0.4 is 5.32 Å². The van der Waals surface area contributed by atoms with Crippen LogP contribution in [0.4, 0.5) is 0 Å². The zero-order valence-corrected chi connectivity index (χ0v) is 14.0. The van der Waals surface area contributed by atoms with Crippen molar-refractivity contribution in [2.75, 3.05) is 19.6 Å².